The van der Waals surface area contributed by atoms with Crippen molar-refractivity contribution in [1.29, 1.82) is 0 Å². The molecule has 0 aliphatic heterocycles. The second kappa shape index (κ2) is 5.74. The molecule has 0 spiro atoms. The molecule has 0 aliphatic carbocycles. The fourth-order valence-electron chi connectivity index (χ4n) is 2.72. The molecule has 2 aromatic carbocycles. The maximum atomic E-state index is 12.6. The zero-order valence-corrected chi connectivity index (χ0v) is 15.8. The topological polar surface area (TPSA) is 60.9 Å². The molecule has 0 bridgehead atoms. The van der Waals surface area contributed by atoms with Crippen molar-refractivity contribution in [3.8, 4) is 11.4 Å². The van der Waals surface area contributed by atoms with Gasteiger partial charge in [-0.2, -0.15) is 0 Å². The van der Waals surface area contributed by atoms with Gasteiger partial charge in [0.25, 0.3) is 5.56 Å². The molecular weight excluding hydrogens is 366 g/mol. The number of halogens is 1. The molecular formula is C19H20BrN3O. The van der Waals surface area contributed by atoms with E-state index in [2.05, 4.69) is 53.8 Å². The number of nitrogen functional groups attached to an aromatic ring is 1. The molecule has 0 radical (unpaired) electrons. The summed E-state index contributed by atoms with van der Waals surface area (Å²) in [5.41, 5.74) is 3.46. The van der Waals surface area contributed by atoms with Gasteiger partial charge >= 0.3 is 0 Å². The lowest BCUT2D eigenvalue weighted by Gasteiger charge is -2.19. The van der Waals surface area contributed by atoms with E-state index in [9.17, 15) is 4.79 Å². The summed E-state index contributed by atoms with van der Waals surface area (Å²) in [5, 5.41) is 0.513. The van der Waals surface area contributed by atoms with Gasteiger partial charge in [0, 0.05) is 10.0 Å². The summed E-state index contributed by atoms with van der Waals surface area (Å²) in [6, 6.07) is 11.8. The average molecular weight is 386 g/mol. The molecule has 1 aromatic heterocycles. The Morgan fingerprint density at radius 3 is 2.33 bits per heavy atom. The summed E-state index contributed by atoms with van der Waals surface area (Å²) < 4.78 is 1.92. The molecule has 0 amide bonds. The van der Waals surface area contributed by atoms with Crippen LogP contribution in [0.2, 0.25) is 0 Å². The first-order valence-electron chi connectivity index (χ1n) is 7.77. The van der Waals surface area contributed by atoms with E-state index in [1.807, 2.05) is 31.2 Å². The lowest BCUT2D eigenvalue weighted by molar-refractivity contribution is 0.590. The van der Waals surface area contributed by atoms with Crippen molar-refractivity contribution in [3.05, 3.63) is 62.4 Å². The number of fused-ring (bicyclic) bond motifs is 1. The second-order valence-electron chi connectivity index (χ2n) is 7.08. The van der Waals surface area contributed by atoms with Gasteiger partial charge in [0.15, 0.2) is 5.82 Å². The number of hydrogen-bond donors (Lipinski definition) is 1. The van der Waals surface area contributed by atoms with Crippen molar-refractivity contribution in [3.63, 3.8) is 0 Å². The van der Waals surface area contributed by atoms with E-state index in [-0.39, 0.29) is 11.0 Å². The highest BCUT2D eigenvalue weighted by Crippen LogP contribution is 2.27. The van der Waals surface area contributed by atoms with Crippen LogP contribution in [0, 0.1) is 6.92 Å². The molecule has 0 aliphatic rings. The third kappa shape index (κ3) is 2.84. The van der Waals surface area contributed by atoms with Gasteiger partial charge in [-0.1, -0.05) is 45.0 Å². The quantitative estimate of drug-likeness (QED) is 0.640. The first-order chi connectivity index (χ1) is 11.2. The van der Waals surface area contributed by atoms with Gasteiger partial charge in [-0.3, -0.25) is 4.79 Å². The molecule has 24 heavy (non-hydrogen) atoms. The van der Waals surface area contributed by atoms with Crippen LogP contribution in [0.25, 0.3) is 22.3 Å². The second-order valence-corrected chi connectivity index (χ2v) is 7.94. The number of aryl methyl sites for hydroxylation is 1. The number of rotatable bonds is 1. The zero-order valence-electron chi connectivity index (χ0n) is 14.2. The molecule has 0 saturated heterocycles. The van der Waals surface area contributed by atoms with Crippen molar-refractivity contribution in [2.75, 3.05) is 5.84 Å². The van der Waals surface area contributed by atoms with E-state index >= 15 is 0 Å². The standard InChI is InChI=1S/C19H20BrN3O/c1-11-9-14-16(15(20)10-11)22-17(23(21)18(14)24)12-5-7-13(8-6-12)19(2,3)4/h5-10H,21H2,1-4H3. The van der Waals surface area contributed by atoms with Crippen LogP contribution >= 0.6 is 15.9 Å². The fourth-order valence-corrected chi connectivity index (χ4v) is 3.38. The lowest BCUT2D eigenvalue weighted by Crippen LogP contribution is -2.30. The number of aromatic nitrogens is 2. The van der Waals surface area contributed by atoms with E-state index in [0.29, 0.717) is 16.7 Å². The Hall–Kier alpha value is -2.14. The van der Waals surface area contributed by atoms with Gasteiger partial charge < -0.3 is 5.84 Å². The monoisotopic (exact) mass is 385 g/mol. The van der Waals surface area contributed by atoms with Crippen molar-refractivity contribution in [1.82, 2.24) is 9.66 Å². The first-order valence-corrected chi connectivity index (χ1v) is 8.56. The van der Waals surface area contributed by atoms with E-state index in [1.54, 1.807) is 0 Å². The van der Waals surface area contributed by atoms with Gasteiger partial charge in [0.1, 0.15) is 0 Å². The molecule has 4 nitrogen and oxygen atoms in total. The van der Waals surface area contributed by atoms with E-state index in [4.69, 9.17) is 5.84 Å². The van der Waals surface area contributed by atoms with Gasteiger partial charge in [0.05, 0.1) is 10.9 Å². The van der Waals surface area contributed by atoms with E-state index in [1.165, 1.54) is 5.56 Å². The summed E-state index contributed by atoms with van der Waals surface area (Å²) in [7, 11) is 0. The van der Waals surface area contributed by atoms with Crippen molar-refractivity contribution in [2.45, 2.75) is 33.1 Å². The highest BCUT2D eigenvalue weighted by molar-refractivity contribution is 9.10. The number of nitrogens with two attached hydrogens (primary N) is 1. The minimum absolute atomic E-state index is 0.0677. The summed E-state index contributed by atoms with van der Waals surface area (Å²) in [6.45, 7) is 8.42. The Balaban J connectivity index is 2.24. The number of nitrogens with zero attached hydrogens (tertiary/aromatic N) is 2. The Kier molecular flexibility index (Phi) is 4.00. The molecule has 5 heteroatoms. The predicted molar refractivity (Wildman–Crippen MR) is 103 cm³/mol. The molecule has 0 fully saturated rings. The van der Waals surface area contributed by atoms with Crippen LogP contribution < -0.4 is 11.4 Å². The Morgan fingerprint density at radius 1 is 1.12 bits per heavy atom. The minimum atomic E-state index is -0.251. The van der Waals surface area contributed by atoms with Crippen LogP contribution in [0.15, 0.2) is 45.7 Å². The van der Waals surface area contributed by atoms with Crippen LogP contribution in [0.5, 0.6) is 0 Å². The van der Waals surface area contributed by atoms with E-state index in [0.717, 1.165) is 20.3 Å². The zero-order chi connectivity index (χ0) is 17.6. The maximum absolute atomic E-state index is 12.6. The summed E-state index contributed by atoms with van der Waals surface area (Å²) >= 11 is 3.50. The average Bonchev–Trinajstić information content (AvgIpc) is 2.50. The third-order valence-corrected chi connectivity index (χ3v) is 4.72. The molecule has 1 heterocycles. The predicted octanol–water partition coefficient (Wildman–Crippen LogP) is 4.15. The van der Waals surface area contributed by atoms with Crippen LogP contribution in [0.3, 0.4) is 0 Å². The summed E-state index contributed by atoms with van der Waals surface area (Å²) in [6.07, 6.45) is 0. The minimum Gasteiger partial charge on any atom is -0.334 e. The molecule has 124 valence electrons. The van der Waals surface area contributed by atoms with Crippen molar-refractivity contribution in [2.24, 2.45) is 0 Å². The van der Waals surface area contributed by atoms with Crippen LogP contribution in [0.1, 0.15) is 31.9 Å². The SMILES string of the molecule is Cc1cc(Br)c2nc(-c3ccc(C(C)(C)C)cc3)n(N)c(=O)c2c1. The Bertz CT molecular complexity index is 983. The molecule has 3 aromatic rings. The largest absolute Gasteiger partial charge is 0.334 e. The van der Waals surface area contributed by atoms with Crippen molar-refractivity contribution < 1.29 is 0 Å². The van der Waals surface area contributed by atoms with Gasteiger partial charge in [-0.25, -0.2) is 9.66 Å². The smallest absolute Gasteiger partial charge is 0.280 e. The normalized spacial score (nSPS) is 11.9. The first kappa shape index (κ1) is 16.7. The van der Waals surface area contributed by atoms with Gasteiger partial charge in [-0.15, -0.1) is 0 Å². The highest BCUT2D eigenvalue weighted by Gasteiger charge is 2.16. The Labute approximate surface area is 149 Å². The van der Waals surface area contributed by atoms with Gasteiger partial charge in [0.2, 0.25) is 0 Å². The molecule has 0 unspecified atom stereocenters. The van der Waals surface area contributed by atoms with E-state index < -0.39 is 0 Å². The number of benzene rings is 2. The number of hydrogen-bond acceptors (Lipinski definition) is 3. The van der Waals surface area contributed by atoms with Gasteiger partial charge in [-0.05, 0) is 51.5 Å². The Morgan fingerprint density at radius 2 is 1.75 bits per heavy atom. The highest BCUT2D eigenvalue weighted by atomic mass is 79.9. The fraction of sp³-hybridized carbons (Fsp3) is 0.263. The molecule has 0 saturated carbocycles. The lowest BCUT2D eigenvalue weighted by atomic mass is 9.86. The molecule has 3 rings (SSSR count). The summed E-state index contributed by atoms with van der Waals surface area (Å²) in [4.78, 5) is 17.3. The maximum Gasteiger partial charge on any atom is 0.280 e. The third-order valence-electron chi connectivity index (χ3n) is 4.11. The molecule has 2 N–H and O–H groups in total. The van der Waals surface area contributed by atoms with Crippen LogP contribution in [0.4, 0.5) is 0 Å². The van der Waals surface area contributed by atoms with Crippen LogP contribution in [-0.4, -0.2) is 9.66 Å². The molecule has 0 atom stereocenters. The summed E-state index contributed by atoms with van der Waals surface area (Å²) in [5.74, 6) is 6.49. The van der Waals surface area contributed by atoms with Crippen LogP contribution in [-0.2, 0) is 5.41 Å². The van der Waals surface area contributed by atoms with Crippen molar-refractivity contribution >= 4 is 26.8 Å².